The molecular weight excluding hydrogens is 725 g/mol. The third-order valence-electron chi connectivity index (χ3n) is 12.5. The molecule has 0 fully saturated rings. The van der Waals surface area contributed by atoms with Crippen molar-refractivity contribution in [3.05, 3.63) is 217 Å². The lowest BCUT2D eigenvalue weighted by molar-refractivity contribution is 0.720. The normalized spacial score (nSPS) is 13.6. The molecule has 0 saturated heterocycles. The maximum Gasteiger partial charge on any atom is 0.0937 e. The summed E-state index contributed by atoms with van der Waals surface area (Å²) in [5.41, 5.74) is 15.5. The van der Waals surface area contributed by atoms with E-state index >= 15 is 0 Å². The number of hydrogen-bond donors (Lipinski definition) is 0. The Morgan fingerprint density at radius 3 is 1.50 bits per heavy atom. The standard InChI is InChI=1S/C53H32N4S/c1-6-20-44-35(13-1)36-14-2-7-21-45(36)56(44)34-26-27-48(57-46-22-8-3-15-37(46)38-16-4-9-23-47(38)57)39(32-34)33-25-28-50-43(31-33)53(40-17-5-10-24-49(40)58-50)41-18-11-29-54-51(41)52-42(53)19-12-30-55-52/h1-32H. The van der Waals surface area contributed by atoms with E-state index in [0.29, 0.717) is 0 Å². The van der Waals surface area contributed by atoms with Crippen LogP contribution in [-0.2, 0) is 5.41 Å². The van der Waals surface area contributed by atoms with Crippen molar-refractivity contribution >= 4 is 55.4 Å². The molecule has 5 heterocycles. The Balaban J connectivity index is 1.14. The second-order valence-electron chi connectivity index (χ2n) is 15.3. The molecule has 5 heteroatoms. The van der Waals surface area contributed by atoms with E-state index in [1.165, 1.54) is 75.7 Å². The fraction of sp³-hybridized carbons (Fsp3) is 0.0189. The lowest BCUT2D eigenvalue weighted by Gasteiger charge is -2.39. The van der Waals surface area contributed by atoms with E-state index < -0.39 is 5.41 Å². The van der Waals surface area contributed by atoms with Crippen LogP contribution >= 0.6 is 11.8 Å². The number of fused-ring (bicyclic) bond motifs is 15. The molecule has 0 saturated carbocycles. The zero-order chi connectivity index (χ0) is 38.0. The quantitative estimate of drug-likeness (QED) is 0.180. The summed E-state index contributed by atoms with van der Waals surface area (Å²) < 4.78 is 4.89. The van der Waals surface area contributed by atoms with Crippen LogP contribution in [0.3, 0.4) is 0 Å². The van der Waals surface area contributed by atoms with E-state index in [9.17, 15) is 0 Å². The van der Waals surface area contributed by atoms with Gasteiger partial charge in [0.2, 0.25) is 0 Å². The van der Waals surface area contributed by atoms with Crippen LogP contribution in [-0.4, -0.2) is 19.1 Å². The molecule has 2 aliphatic rings. The van der Waals surface area contributed by atoms with Crippen LogP contribution < -0.4 is 0 Å². The highest BCUT2D eigenvalue weighted by Gasteiger charge is 2.51. The highest BCUT2D eigenvalue weighted by Crippen LogP contribution is 2.61. The highest BCUT2D eigenvalue weighted by molar-refractivity contribution is 7.99. The molecule has 4 aromatic heterocycles. The maximum atomic E-state index is 5.00. The van der Waals surface area contributed by atoms with Crippen molar-refractivity contribution in [2.45, 2.75) is 15.2 Å². The Morgan fingerprint density at radius 1 is 0.397 bits per heavy atom. The third-order valence-corrected chi connectivity index (χ3v) is 13.6. The molecule has 1 aliphatic heterocycles. The zero-order valence-electron chi connectivity index (χ0n) is 31.2. The summed E-state index contributed by atoms with van der Waals surface area (Å²) >= 11 is 1.86. The molecule has 1 spiro atoms. The average molecular weight is 757 g/mol. The van der Waals surface area contributed by atoms with E-state index in [1.54, 1.807) is 0 Å². The number of benzene rings is 7. The maximum absolute atomic E-state index is 5.00. The molecule has 0 unspecified atom stereocenters. The van der Waals surface area contributed by atoms with E-state index in [-0.39, 0.29) is 0 Å². The summed E-state index contributed by atoms with van der Waals surface area (Å²) in [6.07, 6.45) is 3.80. The number of hydrogen-bond acceptors (Lipinski definition) is 3. The smallest absolute Gasteiger partial charge is 0.0937 e. The Bertz CT molecular complexity index is 3370. The van der Waals surface area contributed by atoms with Gasteiger partial charge in [0.1, 0.15) is 0 Å². The minimum Gasteiger partial charge on any atom is -0.309 e. The number of aromatic nitrogens is 4. The molecule has 7 aromatic carbocycles. The molecule has 0 bridgehead atoms. The molecule has 11 aromatic rings. The molecule has 0 atom stereocenters. The number of rotatable bonds is 3. The van der Waals surface area contributed by atoms with Crippen LogP contribution in [0.4, 0.5) is 0 Å². The molecule has 58 heavy (non-hydrogen) atoms. The van der Waals surface area contributed by atoms with Gasteiger partial charge in [0, 0.05) is 55.0 Å². The van der Waals surface area contributed by atoms with Gasteiger partial charge in [0.15, 0.2) is 0 Å². The Kier molecular flexibility index (Phi) is 6.55. The first-order valence-electron chi connectivity index (χ1n) is 19.7. The van der Waals surface area contributed by atoms with Gasteiger partial charge in [-0.25, -0.2) is 0 Å². The lowest BCUT2D eigenvalue weighted by atomic mass is 9.67. The van der Waals surface area contributed by atoms with Gasteiger partial charge in [0.25, 0.3) is 0 Å². The molecule has 0 amide bonds. The summed E-state index contributed by atoms with van der Waals surface area (Å²) in [6.45, 7) is 0. The van der Waals surface area contributed by atoms with Crippen molar-refractivity contribution in [1.82, 2.24) is 19.1 Å². The van der Waals surface area contributed by atoms with E-state index in [2.05, 4.69) is 191 Å². The van der Waals surface area contributed by atoms with Crippen molar-refractivity contribution in [3.63, 3.8) is 0 Å². The zero-order valence-corrected chi connectivity index (χ0v) is 32.0. The molecule has 1 aliphatic carbocycles. The van der Waals surface area contributed by atoms with Gasteiger partial charge in [-0.15, -0.1) is 0 Å². The van der Waals surface area contributed by atoms with Gasteiger partial charge in [-0.3, -0.25) is 9.97 Å². The largest absolute Gasteiger partial charge is 0.309 e. The third kappa shape index (κ3) is 4.15. The second-order valence-corrected chi connectivity index (χ2v) is 16.4. The van der Waals surface area contributed by atoms with Crippen LogP contribution in [0.5, 0.6) is 0 Å². The van der Waals surface area contributed by atoms with Crippen LogP contribution in [0.25, 0.3) is 77.5 Å². The Hall–Kier alpha value is -7.21. The molecule has 270 valence electrons. The van der Waals surface area contributed by atoms with Crippen molar-refractivity contribution in [2.24, 2.45) is 0 Å². The van der Waals surface area contributed by atoms with Crippen molar-refractivity contribution in [1.29, 1.82) is 0 Å². The fourth-order valence-corrected chi connectivity index (χ4v) is 11.4. The number of nitrogens with zero attached hydrogens (tertiary/aromatic N) is 4. The molecule has 13 rings (SSSR count). The van der Waals surface area contributed by atoms with E-state index in [4.69, 9.17) is 9.97 Å². The summed E-state index contributed by atoms with van der Waals surface area (Å²) in [6, 6.07) is 66.9. The summed E-state index contributed by atoms with van der Waals surface area (Å²) in [5, 5.41) is 4.98. The van der Waals surface area contributed by atoms with Crippen LogP contribution in [0, 0.1) is 0 Å². The molecule has 4 nitrogen and oxygen atoms in total. The monoisotopic (exact) mass is 756 g/mol. The molecular formula is C53H32N4S. The van der Waals surface area contributed by atoms with Gasteiger partial charge < -0.3 is 9.13 Å². The second kappa shape index (κ2) is 11.9. The minimum absolute atomic E-state index is 0.585. The summed E-state index contributed by atoms with van der Waals surface area (Å²) in [5.74, 6) is 0. The van der Waals surface area contributed by atoms with E-state index in [1.807, 2.05) is 24.2 Å². The topological polar surface area (TPSA) is 35.6 Å². The van der Waals surface area contributed by atoms with Crippen molar-refractivity contribution in [3.8, 4) is 33.9 Å². The number of para-hydroxylation sites is 4. The van der Waals surface area contributed by atoms with Gasteiger partial charge in [-0.1, -0.05) is 121 Å². The van der Waals surface area contributed by atoms with Crippen molar-refractivity contribution < 1.29 is 0 Å². The van der Waals surface area contributed by atoms with Crippen molar-refractivity contribution in [2.75, 3.05) is 0 Å². The average Bonchev–Trinajstić information content (AvgIpc) is 3.91. The molecule has 0 N–H and O–H groups in total. The first-order chi connectivity index (χ1) is 28.8. The summed E-state index contributed by atoms with van der Waals surface area (Å²) in [7, 11) is 0. The van der Waals surface area contributed by atoms with Gasteiger partial charge in [-0.05, 0) is 101 Å². The van der Waals surface area contributed by atoms with Gasteiger partial charge in [0.05, 0.1) is 44.6 Å². The predicted octanol–water partition coefficient (Wildman–Crippen LogP) is 13.2. The summed E-state index contributed by atoms with van der Waals surface area (Å²) in [4.78, 5) is 12.5. The first kappa shape index (κ1) is 31.9. The van der Waals surface area contributed by atoms with Gasteiger partial charge >= 0.3 is 0 Å². The van der Waals surface area contributed by atoms with Crippen LogP contribution in [0.1, 0.15) is 22.3 Å². The minimum atomic E-state index is -0.585. The fourth-order valence-electron chi connectivity index (χ4n) is 10.2. The first-order valence-corrected chi connectivity index (χ1v) is 20.6. The predicted molar refractivity (Wildman–Crippen MR) is 238 cm³/mol. The lowest BCUT2D eigenvalue weighted by Crippen LogP contribution is -2.32. The van der Waals surface area contributed by atoms with Gasteiger partial charge in [-0.2, -0.15) is 0 Å². The van der Waals surface area contributed by atoms with E-state index in [0.717, 1.165) is 33.9 Å². The SMILES string of the molecule is c1ccc2c(c1)Sc1ccc(-c3cc(-n4c5ccccc5c5ccccc54)ccc3-n3c4ccccc4c4ccccc43)cc1C21c2cccnc2-c2ncccc21. The highest BCUT2D eigenvalue weighted by atomic mass is 32.2. The Labute approximate surface area is 338 Å². The Morgan fingerprint density at radius 2 is 0.897 bits per heavy atom. The number of pyridine rings is 2. The molecule has 0 radical (unpaired) electrons. The van der Waals surface area contributed by atoms with Crippen LogP contribution in [0.15, 0.2) is 204 Å². The van der Waals surface area contributed by atoms with Crippen LogP contribution in [0.2, 0.25) is 0 Å².